The summed E-state index contributed by atoms with van der Waals surface area (Å²) in [5.74, 6) is 0.235. The van der Waals surface area contributed by atoms with Crippen molar-refractivity contribution in [1.29, 1.82) is 0 Å². The van der Waals surface area contributed by atoms with Gasteiger partial charge in [-0.15, -0.1) is 0 Å². The van der Waals surface area contributed by atoms with Gasteiger partial charge in [-0.05, 0) is 37.3 Å². The van der Waals surface area contributed by atoms with Crippen LogP contribution in [0.4, 0.5) is 5.69 Å². The van der Waals surface area contributed by atoms with Gasteiger partial charge in [-0.1, -0.05) is 0 Å². The number of carbonyl (C=O) groups is 1. The smallest absolute Gasteiger partial charge is 0.251 e. The van der Waals surface area contributed by atoms with Crippen molar-refractivity contribution in [3.8, 4) is 5.75 Å². The number of nitrogens with one attached hydrogen (secondary N) is 1. The number of rotatable bonds is 7. The van der Waals surface area contributed by atoms with Gasteiger partial charge in [0.05, 0.1) is 11.5 Å². The van der Waals surface area contributed by atoms with Crippen LogP contribution in [0.5, 0.6) is 5.75 Å². The van der Waals surface area contributed by atoms with Gasteiger partial charge in [0, 0.05) is 32.0 Å². The molecule has 2 aromatic rings. The Morgan fingerprint density at radius 1 is 1.15 bits per heavy atom. The van der Waals surface area contributed by atoms with Crippen molar-refractivity contribution in [2.45, 2.75) is 18.4 Å². The van der Waals surface area contributed by atoms with Crippen LogP contribution in [0.3, 0.4) is 0 Å². The summed E-state index contributed by atoms with van der Waals surface area (Å²) in [4.78, 5) is 24.0. The molecule has 0 aliphatic heterocycles. The van der Waals surface area contributed by atoms with Gasteiger partial charge in [0.25, 0.3) is 5.56 Å². The molecule has 0 atom stereocenters. The summed E-state index contributed by atoms with van der Waals surface area (Å²) < 4.78 is 31.7. The van der Waals surface area contributed by atoms with Gasteiger partial charge in [-0.25, -0.2) is 12.7 Å². The minimum atomic E-state index is -3.69. The van der Waals surface area contributed by atoms with Gasteiger partial charge < -0.3 is 14.6 Å². The zero-order valence-electron chi connectivity index (χ0n) is 14.8. The molecule has 0 aliphatic carbocycles. The number of ether oxygens (including phenoxy) is 1. The van der Waals surface area contributed by atoms with Crippen LogP contribution in [0.25, 0.3) is 0 Å². The second-order valence-electron chi connectivity index (χ2n) is 5.62. The molecule has 0 saturated carbocycles. The second kappa shape index (κ2) is 8.15. The fraction of sp³-hybridized carbons (Fsp3) is 0.294. The number of nitrogens with zero attached hydrogens (tertiary/aromatic N) is 2. The Hall–Kier alpha value is -2.65. The van der Waals surface area contributed by atoms with Gasteiger partial charge >= 0.3 is 0 Å². The molecule has 0 aliphatic rings. The van der Waals surface area contributed by atoms with E-state index in [1.165, 1.54) is 20.2 Å². The third kappa shape index (κ3) is 4.70. The number of hydrogen-bond acceptors (Lipinski definition) is 5. The summed E-state index contributed by atoms with van der Waals surface area (Å²) in [6, 6.07) is 9.14. The largest absolute Gasteiger partial charge is 0.494 e. The highest BCUT2D eigenvalue weighted by Crippen LogP contribution is 2.16. The third-order valence-corrected chi connectivity index (χ3v) is 5.30. The average molecular weight is 379 g/mol. The lowest BCUT2D eigenvalue weighted by Gasteiger charge is -2.13. The summed E-state index contributed by atoms with van der Waals surface area (Å²) in [6.45, 7) is 2.11. The molecule has 2 rings (SSSR count). The summed E-state index contributed by atoms with van der Waals surface area (Å²) in [6.07, 6.45) is 1.16. The zero-order valence-corrected chi connectivity index (χ0v) is 15.6. The van der Waals surface area contributed by atoms with Gasteiger partial charge in [-0.3, -0.25) is 9.59 Å². The maximum absolute atomic E-state index is 12.2. The number of carbonyl (C=O) groups excluding carboxylic acids is 1. The van der Waals surface area contributed by atoms with Gasteiger partial charge in [0.2, 0.25) is 15.9 Å². The van der Waals surface area contributed by atoms with E-state index in [1.807, 2.05) is 6.92 Å². The Bertz CT molecular complexity index is 934. The lowest BCUT2D eigenvalue weighted by Crippen LogP contribution is -2.29. The Kier molecular flexibility index (Phi) is 6.17. The summed E-state index contributed by atoms with van der Waals surface area (Å²) in [7, 11) is -0.909. The van der Waals surface area contributed by atoms with Crippen molar-refractivity contribution in [2.24, 2.45) is 0 Å². The molecule has 26 heavy (non-hydrogen) atoms. The third-order valence-electron chi connectivity index (χ3n) is 3.50. The maximum atomic E-state index is 12.2. The first-order valence-corrected chi connectivity index (χ1v) is 9.33. The minimum Gasteiger partial charge on any atom is -0.494 e. The van der Waals surface area contributed by atoms with Crippen LogP contribution < -0.4 is 15.6 Å². The van der Waals surface area contributed by atoms with Crippen LogP contribution in [0.2, 0.25) is 0 Å². The van der Waals surface area contributed by atoms with E-state index in [4.69, 9.17) is 4.74 Å². The fourth-order valence-corrected chi connectivity index (χ4v) is 3.07. The molecule has 9 heteroatoms. The van der Waals surface area contributed by atoms with Crippen LogP contribution in [-0.4, -0.2) is 43.9 Å². The summed E-state index contributed by atoms with van der Waals surface area (Å²) in [5.41, 5.74) is 0.0770. The van der Waals surface area contributed by atoms with Crippen molar-refractivity contribution >= 4 is 21.6 Å². The van der Waals surface area contributed by atoms with Crippen LogP contribution in [0.15, 0.2) is 52.3 Å². The van der Waals surface area contributed by atoms with E-state index in [2.05, 4.69) is 5.32 Å². The molecule has 1 amide bonds. The maximum Gasteiger partial charge on any atom is 0.251 e. The molecule has 0 saturated heterocycles. The fourth-order valence-electron chi connectivity index (χ4n) is 2.15. The monoisotopic (exact) mass is 379 g/mol. The Morgan fingerprint density at radius 3 is 2.38 bits per heavy atom. The molecule has 1 heterocycles. The number of hydrogen-bond donors (Lipinski definition) is 1. The minimum absolute atomic E-state index is 0.0593. The van der Waals surface area contributed by atoms with Crippen molar-refractivity contribution in [2.75, 3.05) is 26.0 Å². The SMILES string of the molecule is CCOc1ccc(NC(=O)Cn2cc(S(=O)(=O)N(C)C)ccc2=O)cc1. The number of pyridine rings is 1. The van der Waals surface area contributed by atoms with E-state index < -0.39 is 21.5 Å². The quantitative estimate of drug-likeness (QED) is 0.778. The molecule has 0 spiro atoms. The van der Waals surface area contributed by atoms with Gasteiger partial charge in [0.1, 0.15) is 12.3 Å². The molecule has 0 radical (unpaired) electrons. The lowest BCUT2D eigenvalue weighted by atomic mass is 10.3. The number of benzene rings is 1. The first kappa shape index (κ1) is 19.7. The topological polar surface area (TPSA) is 97.7 Å². The van der Waals surface area contributed by atoms with Crippen LogP contribution >= 0.6 is 0 Å². The van der Waals surface area contributed by atoms with E-state index in [1.54, 1.807) is 24.3 Å². The van der Waals surface area contributed by atoms with Crippen molar-refractivity contribution in [3.63, 3.8) is 0 Å². The van der Waals surface area contributed by atoms with E-state index in [-0.39, 0.29) is 11.4 Å². The standard InChI is InChI=1S/C17H21N3O5S/c1-4-25-14-7-5-13(6-8-14)18-16(21)12-20-11-15(9-10-17(20)22)26(23,24)19(2)3/h5-11H,4,12H2,1-3H3,(H,18,21). The molecule has 1 N–H and O–H groups in total. The van der Waals surface area contributed by atoms with Crippen LogP contribution in [-0.2, 0) is 21.4 Å². The van der Waals surface area contributed by atoms with Gasteiger partial charge in [-0.2, -0.15) is 0 Å². The highest BCUT2D eigenvalue weighted by atomic mass is 32.2. The lowest BCUT2D eigenvalue weighted by molar-refractivity contribution is -0.116. The van der Waals surface area contributed by atoms with Crippen molar-refractivity contribution < 1.29 is 17.9 Å². The number of sulfonamides is 1. The van der Waals surface area contributed by atoms with E-state index in [0.29, 0.717) is 18.0 Å². The van der Waals surface area contributed by atoms with Crippen molar-refractivity contribution in [3.05, 3.63) is 52.9 Å². The normalized spacial score (nSPS) is 11.4. The predicted molar refractivity (Wildman–Crippen MR) is 97.8 cm³/mol. The summed E-state index contributed by atoms with van der Waals surface area (Å²) >= 11 is 0. The Balaban J connectivity index is 2.15. The van der Waals surface area contributed by atoms with Crippen LogP contribution in [0.1, 0.15) is 6.92 Å². The molecular weight excluding hydrogens is 358 g/mol. The number of amides is 1. The van der Waals surface area contributed by atoms with E-state index in [9.17, 15) is 18.0 Å². The average Bonchev–Trinajstić information content (AvgIpc) is 2.58. The molecule has 1 aromatic heterocycles. The molecule has 140 valence electrons. The van der Waals surface area contributed by atoms with Crippen LogP contribution in [0, 0.1) is 0 Å². The number of aromatic nitrogens is 1. The first-order valence-electron chi connectivity index (χ1n) is 7.89. The number of anilines is 1. The predicted octanol–water partition coefficient (Wildman–Crippen LogP) is 1.14. The summed E-state index contributed by atoms with van der Waals surface area (Å²) in [5, 5.41) is 2.65. The molecule has 0 bridgehead atoms. The second-order valence-corrected chi connectivity index (χ2v) is 7.78. The van der Waals surface area contributed by atoms with Crippen molar-refractivity contribution in [1.82, 2.24) is 8.87 Å². The van der Waals surface area contributed by atoms with E-state index >= 15 is 0 Å². The molecule has 0 unspecified atom stereocenters. The van der Waals surface area contributed by atoms with E-state index in [0.717, 1.165) is 21.1 Å². The molecular formula is C17H21N3O5S. The molecule has 1 aromatic carbocycles. The first-order chi connectivity index (χ1) is 12.2. The highest BCUT2D eigenvalue weighted by Gasteiger charge is 2.18. The van der Waals surface area contributed by atoms with Gasteiger partial charge in [0.15, 0.2) is 0 Å². The Labute approximate surface area is 152 Å². The zero-order chi connectivity index (χ0) is 19.3. The molecule has 8 nitrogen and oxygen atoms in total. The molecule has 0 fully saturated rings. The highest BCUT2D eigenvalue weighted by molar-refractivity contribution is 7.89. The Morgan fingerprint density at radius 2 is 1.81 bits per heavy atom.